The summed E-state index contributed by atoms with van der Waals surface area (Å²) in [6.45, 7) is 0. The van der Waals surface area contributed by atoms with Crippen LogP contribution in [0, 0.1) is 3.70 Å². The molecule has 0 aliphatic rings. The minimum atomic E-state index is 0.854. The molecule has 0 radical (unpaired) electrons. The van der Waals surface area contributed by atoms with E-state index in [0.717, 1.165) is 14.7 Å². The average Bonchev–Trinajstić information content (AvgIpc) is 2.34. The zero-order valence-electron chi connectivity index (χ0n) is 5.04. The smallest absolute Gasteiger partial charge is 0.167 e. The minimum absolute atomic E-state index is 0.854. The van der Waals surface area contributed by atoms with Gasteiger partial charge in [0.2, 0.25) is 0 Å². The summed E-state index contributed by atoms with van der Waals surface area (Å²) >= 11 is 2.15. The van der Waals surface area contributed by atoms with Gasteiger partial charge in [-0.25, -0.2) is 0 Å². The van der Waals surface area contributed by atoms with Crippen LogP contribution in [-0.4, -0.2) is 5.16 Å². The molecule has 0 atom stereocenters. The molecule has 0 aliphatic heterocycles. The van der Waals surface area contributed by atoms with Crippen molar-refractivity contribution in [3.05, 3.63) is 28.0 Å². The van der Waals surface area contributed by atoms with E-state index in [2.05, 4.69) is 27.7 Å². The van der Waals surface area contributed by atoms with E-state index in [0.29, 0.717) is 0 Å². The molecule has 0 spiro atoms. The molecule has 50 valence electrons. The zero-order chi connectivity index (χ0) is 6.97. The van der Waals surface area contributed by atoms with Crippen LogP contribution < -0.4 is 0 Å². The summed E-state index contributed by atoms with van der Waals surface area (Å²) in [7, 11) is 0. The summed E-state index contributed by atoms with van der Waals surface area (Å²) in [5.41, 5.74) is 0.854. The molecule has 0 aliphatic carbocycles. The molecule has 1 heterocycles. The summed E-state index contributed by atoms with van der Waals surface area (Å²) in [4.78, 5) is 0. The van der Waals surface area contributed by atoms with Crippen molar-refractivity contribution in [3.63, 3.8) is 0 Å². The summed E-state index contributed by atoms with van der Waals surface area (Å²) in [5, 5.41) is 4.89. The lowest BCUT2D eigenvalue weighted by Crippen LogP contribution is -1.65. The van der Waals surface area contributed by atoms with Crippen molar-refractivity contribution in [1.29, 1.82) is 0 Å². The molecule has 3 heteroatoms. The number of nitrogens with zero attached hydrogens (tertiary/aromatic N) is 1. The average molecular weight is 245 g/mol. The molecule has 1 aromatic carbocycles. The molecular formula is C7H4INO. The lowest BCUT2D eigenvalue weighted by Gasteiger charge is -1.81. The van der Waals surface area contributed by atoms with Crippen LogP contribution >= 0.6 is 22.6 Å². The summed E-state index contributed by atoms with van der Waals surface area (Å²) in [5.74, 6) is 0. The van der Waals surface area contributed by atoms with Gasteiger partial charge in [-0.15, -0.1) is 0 Å². The lowest BCUT2D eigenvalue weighted by molar-refractivity contribution is 0.451. The molecule has 2 nitrogen and oxygen atoms in total. The first-order chi connectivity index (χ1) is 4.88. The molecule has 0 saturated heterocycles. The molecule has 0 fully saturated rings. The van der Waals surface area contributed by atoms with Gasteiger partial charge in [0.05, 0.1) is 5.39 Å². The van der Waals surface area contributed by atoms with Crippen LogP contribution in [0.25, 0.3) is 11.0 Å². The number of halogens is 1. The van der Waals surface area contributed by atoms with Crippen LogP contribution in [0.3, 0.4) is 0 Å². The van der Waals surface area contributed by atoms with E-state index in [1.54, 1.807) is 0 Å². The highest BCUT2D eigenvalue weighted by Gasteiger charge is 2.01. The fraction of sp³-hybridized carbons (Fsp3) is 0. The quantitative estimate of drug-likeness (QED) is 0.666. The number of hydrogen-bond donors (Lipinski definition) is 0. The van der Waals surface area contributed by atoms with E-state index in [9.17, 15) is 0 Å². The second kappa shape index (κ2) is 2.23. The third kappa shape index (κ3) is 0.811. The fourth-order valence-corrected chi connectivity index (χ4v) is 1.40. The van der Waals surface area contributed by atoms with Gasteiger partial charge in [0.1, 0.15) is 0 Å². The van der Waals surface area contributed by atoms with Crippen LogP contribution in [0.15, 0.2) is 28.8 Å². The van der Waals surface area contributed by atoms with Crippen molar-refractivity contribution in [2.45, 2.75) is 0 Å². The standard InChI is InChI=1S/C7H4INO/c8-7-5-3-1-2-4-6(5)10-9-7/h1-4H. The van der Waals surface area contributed by atoms with Gasteiger partial charge in [0, 0.05) is 0 Å². The fourth-order valence-electron chi connectivity index (χ4n) is 0.855. The Kier molecular flexibility index (Phi) is 1.37. The van der Waals surface area contributed by atoms with Gasteiger partial charge in [-0.05, 0) is 34.7 Å². The molecule has 0 bridgehead atoms. The Morgan fingerprint density at radius 3 is 2.90 bits per heavy atom. The Hall–Kier alpha value is -0.580. The third-order valence-electron chi connectivity index (χ3n) is 1.33. The van der Waals surface area contributed by atoms with Crippen LogP contribution in [-0.2, 0) is 0 Å². The summed E-state index contributed by atoms with van der Waals surface area (Å²) in [6.07, 6.45) is 0. The third-order valence-corrected chi connectivity index (χ3v) is 2.11. The van der Waals surface area contributed by atoms with E-state index < -0.39 is 0 Å². The first kappa shape index (κ1) is 6.15. The monoisotopic (exact) mass is 245 g/mol. The van der Waals surface area contributed by atoms with E-state index >= 15 is 0 Å². The Morgan fingerprint density at radius 1 is 1.30 bits per heavy atom. The maximum Gasteiger partial charge on any atom is 0.167 e. The summed E-state index contributed by atoms with van der Waals surface area (Å²) < 4.78 is 5.92. The molecule has 0 saturated carbocycles. The Balaban J connectivity index is 2.93. The molecule has 0 amide bonds. The van der Waals surface area contributed by atoms with E-state index in [1.807, 2.05) is 24.3 Å². The second-order valence-corrected chi connectivity index (χ2v) is 2.99. The van der Waals surface area contributed by atoms with E-state index in [4.69, 9.17) is 4.52 Å². The maximum atomic E-state index is 4.99. The molecular weight excluding hydrogens is 241 g/mol. The highest BCUT2D eigenvalue weighted by Crippen LogP contribution is 2.18. The molecule has 2 aromatic rings. The van der Waals surface area contributed by atoms with Gasteiger partial charge >= 0.3 is 0 Å². The second-order valence-electron chi connectivity index (χ2n) is 1.97. The van der Waals surface area contributed by atoms with Crippen molar-refractivity contribution in [1.82, 2.24) is 5.16 Å². The van der Waals surface area contributed by atoms with Crippen molar-refractivity contribution in [2.75, 3.05) is 0 Å². The molecule has 10 heavy (non-hydrogen) atoms. The van der Waals surface area contributed by atoms with Crippen molar-refractivity contribution < 1.29 is 4.52 Å². The minimum Gasteiger partial charge on any atom is -0.355 e. The number of rotatable bonds is 0. The van der Waals surface area contributed by atoms with Crippen molar-refractivity contribution in [3.8, 4) is 0 Å². The van der Waals surface area contributed by atoms with Crippen LogP contribution in [0.2, 0.25) is 0 Å². The van der Waals surface area contributed by atoms with Gasteiger partial charge in [0.25, 0.3) is 0 Å². The van der Waals surface area contributed by atoms with Gasteiger partial charge in [-0.1, -0.05) is 17.3 Å². The van der Waals surface area contributed by atoms with Crippen molar-refractivity contribution >= 4 is 33.6 Å². The summed E-state index contributed by atoms with van der Waals surface area (Å²) in [6, 6.07) is 7.81. The predicted octanol–water partition coefficient (Wildman–Crippen LogP) is 2.43. The predicted molar refractivity (Wildman–Crippen MR) is 46.7 cm³/mol. The van der Waals surface area contributed by atoms with Gasteiger partial charge in [-0.2, -0.15) is 0 Å². The highest BCUT2D eigenvalue weighted by molar-refractivity contribution is 14.1. The molecule has 2 rings (SSSR count). The SMILES string of the molecule is Ic1noc2ccccc12. The van der Waals surface area contributed by atoms with Crippen LogP contribution in [0.1, 0.15) is 0 Å². The number of fused-ring (bicyclic) bond motifs is 1. The maximum absolute atomic E-state index is 4.99. The van der Waals surface area contributed by atoms with Gasteiger partial charge in [-0.3, -0.25) is 0 Å². The molecule has 0 unspecified atom stereocenters. The highest BCUT2D eigenvalue weighted by atomic mass is 127. The van der Waals surface area contributed by atoms with Crippen LogP contribution in [0.4, 0.5) is 0 Å². The number of aromatic nitrogens is 1. The van der Waals surface area contributed by atoms with Gasteiger partial charge < -0.3 is 4.52 Å². The van der Waals surface area contributed by atoms with E-state index in [-0.39, 0.29) is 0 Å². The zero-order valence-corrected chi connectivity index (χ0v) is 7.20. The number of hydrogen-bond acceptors (Lipinski definition) is 2. The number of para-hydroxylation sites is 1. The normalized spacial score (nSPS) is 10.5. The van der Waals surface area contributed by atoms with Crippen LogP contribution in [0.5, 0.6) is 0 Å². The topological polar surface area (TPSA) is 26.0 Å². The first-order valence-corrected chi connectivity index (χ1v) is 3.96. The molecule has 1 aromatic heterocycles. The lowest BCUT2D eigenvalue weighted by atomic mass is 10.3. The van der Waals surface area contributed by atoms with E-state index in [1.165, 1.54) is 0 Å². The Bertz CT molecular complexity index is 355. The number of benzene rings is 1. The first-order valence-electron chi connectivity index (χ1n) is 2.88. The Morgan fingerprint density at radius 2 is 2.10 bits per heavy atom. The van der Waals surface area contributed by atoms with Gasteiger partial charge in [0.15, 0.2) is 9.28 Å². The largest absolute Gasteiger partial charge is 0.355 e. The Labute approximate surface area is 71.3 Å². The van der Waals surface area contributed by atoms with Crippen molar-refractivity contribution in [2.24, 2.45) is 0 Å². The molecule has 0 N–H and O–H groups in total.